The molecule has 3 heteroatoms. The third-order valence-electron chi connectivity index (χ3n) is 3.35. The topological polar surface area (TPSA) is 24.9 Å². The lowest BCUT2D eigenvalue weighted by Gasteiger charge is -2.11. The minimum absolute atomic E-state index is 0.769. The van der Waals surface area contributed by atoms with Gasteiger partial charge in [0, 0.05) is 23.5 Å². The van der Waals surface area contributed by atoms with Crippen LogP contribution in [0.1, 0.15) is 43.3 Å². The van der Waals surface area contributed by atoms with Gasteiger partial charge in [-0.15, -0.1) is 11.3 Å². The van der Waals surface area contributed by atoms with Gasteiger partial charge in [-0.1, -0.05) is 6.92 Å². The molecule has 2 rings (SSSR count). The van der Waals surface area contributed by atoms with Gasteiger partial charge in [-0.05, 0) is 45.1 Å². The number of hydrogen-bond donors (Lipinski definition) is 1. The summed E-state index contributed by atoms with van der Waals surface area (Å²) < 4.78 is 0. The van der Waals surface area contributed by atoms with Gasteiger partial charge >= 0.3 is 0 Å². The average molecular weight is 238 g/mol. The number of nitrogens with one attached hydrogen (secondary N) is 1. The van der Waals surface area contributed by atoms with E-state index in [0.29, 0.717) is 0 Å². The smallest absolute Gasteiger partial charge is 0.0930 e. The molecule has 90 valence electrons. The quantitative estimate of drug-likeness (QED) is 0.852. The third-order valence-corrected chi connectivity index (χ3v) is 4.34. The number of aryl methyl sites for hydroxylation is 1. The second-order valence-electron chi connectivity index (χ2n) is 4.92. The maximum Gasteiger partial charge on any atom is 0.0930 e. The van der Waals surface area contributed by atoms with Gasteiger partial charge in [0.1, 0.15) is 0 Å². The van der Waals surface area contributed by atoms with E-state index in [-0.39, 0.29) is 0 Å². The highest BCUT2D eigenvalue weighted by molar-refractivity contribution is 7.09. The number of nitrogens with zero attached hydrogens (tertiary/aromatic N) is 1. The highest BCUT2D eigenvalue weighted by Gasteiger charge is 2.24. The normalized spacial score (nSPS) is 25.1. The first-order valence-corrected chi connectivity index (χ1v) is 7.30. The molecule has 1 aliphatic rings. The van der Waals surface area contributed by atoms with Crippen molar-refractivity contribution in [3.63, 3.8) is 0 Å². The second kappa shape index (κ2) is 5.78. The van der Waals surface area contributed by atoms with Gasteiger partial charge in [-0.2, -0.15) is 0 Å². The molecule has 0 saturated heterocycles. The Bertz CT molecular complexity index is 321. The van der Waals surface area contributed by atoms with Crippen molar-refractivity contribution in [2.24, 2.45) is 5.92 Å². The molecule has 0 aromatic carbocycles. The summed E-state index contributed by atoms with van der Waals surface area (Å²) in [5.41, 5.74) is 1.18. The Balaban J connectivity index is 1.76. The molecule has 0 radical (unpaired) electrons. The van der Waals surface area contributed by atoms with Crippen LogP contribution < -0.4 is 5.32 Å². The molecular formula is C13H22N2S. The van der Waals surface area contributed by atoms with Crippen molar-refractivity contribution < 1.29 is 0 Å². The summed E-state index contributed by atoms with van der Waals surface area (Å²) in [6.45, 7) is 5.49. The summed E-state index contributed by atoms with van der Waals surface area (Å²) in [7, 11) is 0. The highest BCUT2D eigenvalue weighted by Crippen LogP contribution is 2.29. The lowest BCUT2D eigenvalue weighted by Crippen LogP contribution is -2.27. The lowest BCUT2D eigenvalue weighted by atomic mass is 10.0. The Morgan fingerprint density at radius 1 is 1.50 bits per heavy atom. The molecule has 0 aliphatic heterocycles. The molecular weight excluding hydrogens is 216 g/mol. The summed E-state index contributed by atoms with van der Waals surface area (Å²) >= 11 is 1.82. The fraction of sp³-hybridized carbons (Fsp3) is 0.769. The fourth-order valence-electron chi connectivity index (χ4n) is 2.54. The molecule has 1 saturated carbocycles. The van der Waals surface area contributed by atoms with Crippen LogP contribution in [0.3, 0.4) is 0 Å². The molecule has 2 atom stereocenters. The van der Waals surface area contributed by atoms with Gasteiger partial charge in [0.2, 0.25) is 0 Å². The van der Waals surface area contributed by atoms with Crippen LogP contribution in [0.5, 0.6) is 0 Å². The summed E-state index contributed by atoms with van der Waals surface area (Å²) in [6, 6.07) is 0.769. The second-order valence-corrected chi connectivity index (χ2v) is 5.86. The number of thiazole rings is 1. The lowest BCUT2D eigenvalue weighted by molar-refractivity contribution is 0.483. The van der Waals surface area contributed by atoms with E-state index in [2.05, 4.69) is 29.5 Å². The minimum atomic E-state index is 0.769. The van der Waals surface area contributed by atoms with E-state index in [1.807, 2.05) is 11.3 Å². The molecule has 2 nitrogen and oxygen atoms in total. The van der Waals surface area contributed by atoms with Gasteiger partial charge in [0.25, 0.3) is 0 Å². The van der Waals surface area contributed by atoms with E-state index in [4.69, 9.17) is 0 Å². The molecule has 2 unspecified atom stereocenters. The van der Waals surface area contributed by atoms with Crippen molar-refractivity contribution in [1.29, 1.82) is 0 Å². The molecule has 0 amide bonds. The predicted octanol–water partition coefficient (Wildman–Crippen LogP) is 3.16. The van der Waals surface area contributed by atoms with E-state index in [1.54, 1.807) is 0 Å². The first-order chi connectivity index (χ1) is 7.78. The van der Waals surface area contributed by atoms with Crippen LogP contribution >= 0.6 is 11.3 Å². The van der Waals surface area contributed by atoms with Crippen molar-refractivity contribution >= 4 is 11.3 Å². The Morgan fingerprint density at radius 3 is 3.06 bits per heavy atom. The minimum Gasteiger partial charge on any atom is -0.314 e. The van der Waals surface area contributed by atoms with E-state index in [0.717, 1.165) is 12.0 Å². The zero-order valence-corrected chi connectivity index (χ0v) is 11.1. The molecule has 1 aromatic rings. The first-order valence-electron chi connectivity index (χ1n) is 6.42. The summed E-state index contributed by atoms with van der Waals surface area (Å²) in [6.07, 6.45) is 6.52. The van der Waals surface area contributed by atoms with Crippen LogP contribution in [0.25, 0.3) is 0 Å². The van der Waals surface area contributed by atoms with Crippen molar-refractivity contribution in [3.8, 4) is 0 Å². The van der Waals surface area contributed by atoms with Gasteiger partial charge < -0.3 is 5.32 Å². The van der Waals surface area contributed by atoms with Crippen LogP contribution in [0, 0.1) is 12.8 Å². The van der Waals surface area contributed by atoms with E-state index < -0.39 is 0 Å². The van der Waals surface area contributed by atoms with Crippen LogP contribution in [-0.4, -0.2) is 17.6 Å². The summed E-state index contributed by atoms with van der Waals surface area (Å²) in [4.78, 5) is 4.56. The van der Waals surface area contributed by atoms with Gasteiger partial charge in [0.05, 0.1) is 5.01 Å². The maximum atomic E-state index is 4.56. The van der Waals surface area contributed by atoms with E-state index in [1.165, 1.54) is 49.4 Å². The van der Waals surface area contributed by atoms with Crippen LogP contribution in [0.15, 0.2) is 5.38 Å². The fourth-order valence-corrected chi connectivity index (χ4v) is 3.43. The first kappa shape index (κ1) is 12.1. The monoisotopic (exact) mass is 238 g/mol. The molecule has 1 fully saturated rings. The Labute approximate surface area is 102 Å². The van der Waals surface area contributed by atoms with Crippen LogP contribution in [-0.2, 0) is 6.42 Å². The Morgan fingerprint density at radius 2 is 2.38 bits per heavy atom. The molecule has 1 heterocycles. The van der Waals surface area contributed by atoms with Crippen LogP contribution in [0.4, 0.5) is 0 Å². The maximum absolute atomic E-state index is 4.56. The molecule has 1 N–H and O–H groups in total. The van der Waals surface area contributed by atoms with E-state index in [9.17, 15) is 0 Å². The predicted molar refractivity (Wildman–Crippen MR) is 70.0 cm³/mol. The standard InChI is InChI=1S/C13H22N2S/c1-3-6-14-12-5-4-11(7-12)8-13-15-10(2)9-16-13/h9,11-12,14H,3-8H2,1-2H3. The molecule has 1 aliphatic carbocycles. The zero-order chi connectivity index (χ0) is 11.4. The van der Waals surface area contributed by atoms with Crippen molar-refractivity contribution in [2.75, 3.05) is 6.54 Å². The summed E-state index contributed by atoms with van der Waals surface area (Å²) in [5.74, 6) is 0.861. The average Bonchev–Trinajstić information content (AvgIpc) is 2.86. The third kappa shape index (κ3) is 3.29. The largest absolute Gasteiger partial charge is 0.314 e. The SMILES string of the molecule is CCCNC1CCC(Cc2nc(C)cs2)C1. The highest BCUT2D eigenvalue weighted by atomic mass is 32.1. The van der Waals surface area contributed by atoms with Crippen molar-refractivity contribution in [3.05, 3.63) is 16.1 Å². The van der Waals surface area contributed by atoms with Gasteiger partial charge in [-0.3, -0.25) is 0 Å². The molecule has 0 spiro atoms. The van der Waals surface area contributed by atoms with Crippen molar-refractivity contribution in [1.82, 2.24) is 10.3 Å². The molecule has 0 bridgehead atoms. The van der Waals surface area contributed by atoms with Crippen LogP contribution in [0.2, 0.25) is 0 Å². The van der Waals surface area contributed by atoms with Gasteiger partial charge in [-0.25, -0.2) is 4.98 Å². The Kier molecular flexibility index (Phi) is 4.36. The zero-order valence-electron chi connectivity index (χ0n) is 10.3. The van der Waals surface area contributed by atoms with Crippen molar-refractivity contribution in [2.45, 2.75) is 52.0 Å². The Hall–Kier alpha value is -0.410. The van der Waals surface area contributed by atoms with Gasteiger partial charge in [0.15, 0.2) is 0 Å². The molecule has 16 heavy (non-hydrogen) atoms. The number of hydrogen-bond acceptors (Lipinski definition) is 3. The molecule has 1 aromatic heterocycles. The summed E-state index contributed by atoms with van der Waals surface area (Å²) in [5, 5.41) is 7.13. The van der Waals surface area contributed by atoms with E-state index >= 15 is 0 Å². The number of aromatic nitrogens is 1. The number of rotatable bonds is 5.